The van der Waals surface area contributed by atoms with Crippen molar-refractivity contribution < 1.29 is 28.7 Å². The highest BCUT2D eigenvalue weighted by Gasteiger charge is 2.72. The van der Waals surface area contributed by atoms with Crippen molar-refractivity contribution in [3.8, 4) is 0 Å². The lowest BCUT2D eigenvalue weighted by Crippen LogP contribution is -2.60. The number of para-hydroxylation sites is 1. The lowest BCUT2D eigenvalue weighted by Gasteiger charge is -2.54. The Balaban J connectivity index is 0.689. The normalized spacial score (nSPS) is 30.9. The van der Waals surface area contributed by atoms with Gasteiger partial charge in [0, 0.05) is 67.9 Å². The summed E-state index contributed by atoms with van der Waals surface area (Å²) in [4.78, 5) is 62.9. The van der Waals surface area contributed by atoms with Crippen LogP contribution in [0.1, 0.15) is 106 Å². The summed E-state index contributed by atoms with van der Waals surface area (Å²) < 4.78 is 16.4. The molecule has 3 aromatic carbocycles. The quantitative estimate of drug-likeness (QED) is 0.152. The van der Waals surface area contributed by atoms with Crippen LogP contribution in [-0.4, -0.2) is 115 Å². The Bertz CT molecular complexity index is 2500. The van der Waals surface area contributed by atoms with E-state index in [4.69, 9.17) is 23.2 Å². The van der Waals surface area contributed by atoms with E-state index in [0.717, 1.165) is 113 Å². The van der Waals surface area contributed by atoms with Gasteiger partial charge in [0.15, 0.2) is 0 Å². The number of halogens is 3. The highest BCUT2D eigenvalue weighted by atomic mass is 35.5. The molecule has 2 aliphatic carbocycles. The molecule has 3 aromatic rings. The first kappa shape index (κ1) is 46.1. The van der Waals surface area contributed by atoms with Gasteiger partial charge < -0.3 is 35.3 Å². The van der Waals surface area contributed by atoms with Gasteiger partial charge in [0.1, 0.15) is 17.3 Å². The zero-order valence-corrected chi connectivity index (χ0v) is 40.3. The number of amides is 4. The summed E-state index contributed by atoms with van der Waals surface area (Å²) >= 11 is 12.9. The number of likely N-dealkylation sites (tertiary alicyclic amines) is 2. The highest BCUT2D eigenvalue weighted by Crippen LogP contribution is 2.63. The van der Waals surface area contributed by atoms with E-state index in [1.165, 1.54) is 18.9 Å². The van der Waals surface area contributed by atoms with Gasteiger partial charge in [-0.05, 0) is 130 Å². The third kappa shape index (κ3) is 7.62. The predicted molar refractivity (Wildman–Crippen MR) is 260 cm³/mol. The second kappa shape index (κ2) is 17.8. The molecule has 362 valence electrons. The summed E-state index contributed by atoms with van der Waals surface area (Å²) in [5, 5.41) is 24.4. The fourth-order valence-corrected chi connectivity index (χ4v) is 14.7. The second-order valence-electron chi connectivity index (χ2n) is 21.4. The Morgan fingerprint density at radius 3 is 2.40 bits per heavy atom. The molecule has 4 saturated heterocycles. The summed E-state index contributed by atoms with van der Waals surface area (Å²) in [6, 6.07) is 15.0. The third-order valence-electron chi connectivity index (χ3n) is 17.6. The number of carbonyl (C=O) groups is 4. The van der Waals surface area contributed by atoms with Crippen LogP contribution in [0.5, 0.6) is 0 Å². The van der Waals surface area contributed by atoms with Crippen LogP contribution in [-0.2, 0) is 31.0 Å². The van der Waals surface area contributed by atoms with E-state index < -0.39 is 41.1 Å². The molecule has 5 atom stereocenters. The van der Waals surface area contributed by atoms with E-state index in [-0.39, 0.29) is 46.7 Å². The van der Waals surface area contributed by atoms with Crippen molar-refractivity contribution in [3.05, 3.63) is 87.2 Å². The molecular formula is C52H63Cl2FN8O5. The van der Waals surface area contributed by atoms with E-state index in [0.29, 0.717) is 41.3 Å². The Kier molecular flexibility index (Phi) is 12.1. The van der Waals surface area contributed by atoms with Gasteiger partial charge in [-0.2, -0.15) is 0 Å². The molecule has 0 aromatic heterocycles. The number of imide groups is 1. The summed E-state index contributed by atoms with van der Waals surface area (Å²) in [5.41, 5.74) is 2.91. The minimum absolute atomic E-state index is 0.00923. The molecule has 6 heterocycles. The minimum atomic E-state index is -1.25. The molecule has 4 amide bonds. The molecule has 16 heteroatoms. The summed E-state index contributed by atoms with van der Waals surface area (Å²) in [6.07, 6.45) is 10.9. The fourth-order valence-electron chi connectivity index (χ4n) is 14.3. The van der Waals surface area contributed by atoms with Crippen LogP contribution in [0.2, 0.25) is 10.0 Å². The smallest absolute Gasteiger partial charge is 0.249 e. The number of hydrogen-bond acceptors (Lipinski definition) is 10. The van der Waals surface area contributed by atoms with Crippen LogP contribution in [0.25, 0.3) is 0 Å². The van der Waals surface area contributed by atoms with Gasteiger partial charge in [-0.1, -0.05) is 72.8 Å². The third-order valence-corrected chi connectivity index (χ3v) is 18.1. The number of hydrogen-bond donors (Lipinski definition) is 5. The first-order chi connectivity index (χ1) is 32.8. The summed E-state index contributed by atoms with van der Waals surface area (Å²) in [7, 11) is 1.86. The van der Waals surface area contributed by atoms with Crippen molar-refractivity contribution in [2.75, 3.05) is 61.4 Å². The number of aliphatic hydroxyl groups is 1. The van der Waals surface area contributed by atoms with Crippen LogP contribution in [0.4, 0.5) is 21.5 Å². The Morgan fingerprint density at radius 1 is 0.897 bits per heavy atom. The van der Waals surface area contributed by atoms with Gasteiger partial charge in [0.05, 0.1) is 22.4 Å². The Hall–Kier alpha value is -4.31. The molecule has 3 spiro atoms. The topological polar surface area (TPSA) is 150 Å². The van der Waals surface area contributed by atoms with E-state index in [2.05, 4.69) is 37.1 Å². The van der Waals surface area contributed by atoms with E-state index >= 15 is 4.39 Å². The number of carbonyl (C=O) groups excluding carboxylic acids is 4. The van der Waals surface area contributed by atoms with Crippen LogP contribution in [0.3, 0.4) is 0 Å². The predicted octanol–water partition coefficient (Wildman–Crippen LogP) is 6.43. The average Bonchev–Trinajstić information content (AvgIpc) is 3.87. The first-order valence-electron chi connectivity index (χ1n) is 25.0. The minimum Gasteiger partial charge on any atom is -0.356 e. The van der Waals surface area contributed by atoms with E-state index in [1.807, 2.05) is 30.1 Å². The highest BCUT2D eigenvalue weighted by molar-refractivity contribution is 6.31. The lowest BCUT2D eigenvalue weighted by atomic mass is 9.55. The Morgan fingerprint density at radius 2 is 1.65 bits per heavy atom. The van der Waals surface area contributed by atoms with Crippen molar-refractivity contribution >= 4 is 63.9 Å². The maximum Gasteiger partial charge on any atom is 0.249 e. The number of aliphatic hydroxyl groups excluding tert-OH is 1. The van der Waals surface area contributed by atoms with Gasteiger partial charge in [-0.3, -0.25) is 29.8 Å². The van der Waals surface area contributed by atoms with Crippen molar-refractivity contribution in [1.82, 2.24) is 25.8 Å². The SMILES string of the molecule is CN1c2c(CCN3CC4(CCN(C[C@H]5CC[C@H](NC(=O)[C@@H]6NC7(CCCCC7)[C@@]7(C(=O)Nc8cc(Cl)ccc87)[C@H]6c6cccc(Cl)c6F)CC5)CC4)C3)cccc2N(C2CCC(=O)NC2=O)C1O. The number of piperidine rings is 2. The number of fused-ring (bicyclic) bond motifs is 4. The zero-order chi connectivity index (χ0) is 47.1. The van der Waals surface area contributed by atoms with Gasteiger partial charge in [0.2, 0.25) is 30.0 Å². The zero-order valence-electron chi connectivity index (χ0n) is 38.8. The second-order valence-corrected chi connectivity index (χ2v) is 22.3. The van der Waals surface area contributed by atoms with Gasteiger partial charge >= 0.3 is 0 Å². The van der Waals surface area contributed by atoms with Crippen molar-refractivity contribution in [2.45, 2.75) is 131 Å². The molecule has 8 aliphatic rings. The van der Waals surface area contributed by atoms with E-state index in [1.54, 1.807) is 29.2 Å². The van der Waals surface area contributed by atoms with Crippen molar-refractivity contribution in [3.63, 3.8) is 0 Å². The maximum absolute atomic E-state index is 16.4. The summed E-state index contributed by atoms with van der Waals surface area (Å²) in [6.45, 7) is 6.37. The van der Waals surface area contributed by atoms with Crippen LogP contribution in [0.15, 0.2) is 54.6 Å². The number of rotatable bonds is 9. The number of nitrogens with one attached hydrogen (secondary N) is 4. The largest absolute Gasteiger partial charge is 0.356 e. The molecule has 0 radical (unpaired) electrons. The summed E-state index contributed by atoms with van der Waals surface area (Å²) in [5.74, 6) is -1.93. The number of benzene rings is 3. The van der Waals surface area contributed by atoms with Crippen molar-refractivity contribution in [2.24, 2.45) is 11.3 Å². The average molecular weight is 970 g/mol. The standard InChI is InChI=1S/C52H63Cl2FN8O5/c1-60-45-32(7-5-10-39(45)63(49(60)68)40-17-18-41(64)58-46(40)65)19-24-62-29-50(30-62)22-25-61(26-23-50)28-31-11-14-34(15-12-31)56-47(66)44-42(35-8-6-9-37(54)43(35)55)52(51(59-44)20-3-2-4-21-51)36-16-13-33(53)27-38(36)57-48(52)67/h5-10,13,16,27,31,34,40,42,44,49,59,68H,2-4,11-12,14-15,17-26,28-30H2,1H3,(H,56,66)(H,57,67)(H,58,64,65)/t31-,34-,40?,42-,44+,49?,52+/m0/s1. The molecular weight excluding hydrogens is 907 g/mol. The molecule has 2 saturated carbocycles. The monoisotopic (exact) mass is 968 g/mol. The molecule has 2 unspecified atom stereocenters. The molecule has 6 fully saturated rings. The molecule has 68 heavy (non-hydrogen) atoms. The molecule has 11 rings (SSSR count). The van der Waals surface area contributed by atoms with Crippen LogP contribution >= 0.6 is 23.2 Å². The number of nitrogens with zero attached hydrogens (tertiary/aromatic N) is 4. The Labute approximate surface area is 407 Å². The maximum atomic E-state index is 16.4. The fraction of sp³-hybridized carbons (Fsp3) is 0.577. The molecule has 5 N–H and O–H groups in total. The van der Waals surface area contributed by atoms with E-state index in [9.17, 15) is 24.3 Å². The number of anilines is 3. The van der Waals surface area contributed by atoms with Crippen molar-refractivity contribution in [1.29, 1.82) is 0 Å². The first-order valence-corrected chi connectivity index (χ1v) is 25.8. The van der Waals surface area contributed by atoms with Gasteiger partial charge in [-0.15, -0.1) is 0 Å². The van der Waals surface area contributed by atoms with Gasteiger partial charge in [-0.25, -0.2) is 4.39 Å². The molecule has 13 nitrogen and oxygen atoms in total. The van der Waals surface area contributed by atoms with Crippen LogP contribution in [0, 0.1) is 17.2 Å². The van der Waals surface area contributed by atoms with Crippen LogP contribution < -0.4 is 31.1 Å². The molecule has 6 aliphatic heterocycles. The molecule has 0 bridgehead atoms. The lowest BCUT2D eigenvalue weighted by molar-refractivity contribution is -0.134. The van der Waals surface area contributed by atoms with Gasteiger partial charge in [0.25, 0.3) is 0 Å².